The number of benzene rings is 1. The lowest BCUT2D eigenvalue weighted by molar-refractivity contribution is 0.568. The van der Waals surface area contributed by atoms with Crippen molar-refractivity contribution in [3.8, 4) is 0 Å². The van der Waals surface area contributed by atoms with Gasteiger partial charge in [0.25, 0.3) is 10.0 Å². The van der Waals surface area contributed by atoms with Gasteiger partial charge in [-0.1, -0.05) is 27.9 Å². The summed E-state index contributed by atoms with van der Waals surface area (Å²) >= 11 is 3.28. The van der Waals surface area contributed by atoms with Gasteiger partial charge in [-0.2, -0.15) is 0 Å². The van der Waals surface area contributed by atoms with Gasteiger partial charge in [0.05, 0.1) is 4.90 Å². The van der Waals surface area contributed by atoms with Gasteiger partial charge < -0.3 is 5.43 Å². The molecule has 2 rings (SSSR count). The lowest BCUT2D eigenvalue weighted by atomic mass is 9.96. The van der Waals surface area contributed by atoms with E-state index in [4.69, 9.17) is 0 Å². The summed E-state index contributed by atoms with van der Waals surface area (Å²) in [6.45, 7) is 0. The van der Waals surface area contributed by atoms with Crippen LogP contribution in [0.1, 0.15) is 32.1 Å². The number of nitrogens with one attached hydrogen (secondary N) is 2. The number of halogens is 1. The molecule has 4 nitrogen and oxygen atoms in total. The van der Waals surface area contributed by atoms with Crippen LogP contribution in [0.25, 0.3) is 0 Å². The van der Waals surface area contributed by atoms with Gasteiger partial charge in [0, 0.05) is 10.7 Å². The fourth-order valence-corrected chi connectivity index (χ4v) is 3.12. The highest BCUT2D eigenvalue weighted by molar-refractivity contribution is 9.10. The van der Waals surface area contributed by atoms with Crippen LogP contribution in [-0.4, -0.2) is 8.42 Å². The Hall–Kier alpha value is -0.850. The molecule has 1 aromatic rings. The number of hydrogen-bond donors (Lipinski definition) is 2. The molecule has 104 valence electrons. The summed E-state index contributed by atoms with van der Waals surface area (Å²) in [6, 6.07) is 6.52. The molecule has 0 atom stereocenters. The van der Waals surface area contributed by atoms with Crippen molar-refractivity contribution in [1.29, 1.82) is 0 Å². The average Bonchev–Trinajstić information content (AvgIpc) is 2.40. The van der Waals surface area contributed by atoms with Crippen LogP contribution in [0.2, 0.25) is 0 Å². The first-order chi connectivity index (χ1) is 9.08. The second kappa shape index (κ2) is 6.54. The van der Waals surface area contributed by atoms with Gasteiger partial charge in [-0.3, -0.25) is 0 Å². The normalized spacial score (nSPS) is 16.2. The molecule has 1 aliphatic carbocycles. The van der Waals surface area contributed by atoms with Crippen LogP contribution in [0.3, 0.4) is 0 Å². The van der Waals surface area contributed by atoms with Crippen molar-refractivity contribution in [3.63, 3.8) is 0 Å². The highest BCUT2D eigenvalue weighted by atomic mass is 79.9. The minimum absolute atomic E-state index is 0.241. The standard InChI is InChI=1S/C13H17BrN2O2S/c14-12-6-8-13(9-7-12)19(17,18)16-15-10-11-4-2-1-3-5-11/h6-10,15-16H,1-5H2. The van der Waals surface area contributed by atoms with E-state index < -0.39 is 10.0 Å². The van der Waals surface area contributed by atoms with E-state index in [1.54, 1.807) is 30.5 Å². The Bertz CT molecular complexity index is 545. The van der Waals surface area contributed by atoms with Gasteiger partial charge in [-0.05, 0) is 49.9 Å². The molecule has 0 spiro atoms. The van der Waals surface area contributed by atoms with Crippen molar-refractivity contribution in [2.24, 2.45) is 0 Å². The molecule has 1 fully saturated rings. The second-order valence-electron chi connectivity index (χ2n) is 4.57. The average molecular weight is 345 g/mol. The van der Waals surface area contributed by atoms with E-state index in [0.717, 1.165) is 17.3 Å². The van der Waals surface area contributed by atoms with Crippen molar-refractivity contribution < 1.29 is 8.42 Å². The quantitative estimate of drug-likeness (QED) is 0.825. The fourth-order valence-electron chi connectivity index (χ4n) is 2.03. The number of rotatable bonds is 4. The third-order valence-electron chi connectivity index (χ3n) is 3.09. The Kier molecular flexibility index (Phi) is 5.01. The third kappa shape index (κ3) is 4.33. The zero-order valence-electron chi connectivity index (χ0n) is 10.5. The molecular weight excluding hydrogens is 328 g/mol. The fraction of sp³-hybridized carbons (Fsp3) is 0.385. The number of sulfonamides is 1. The number of hydrazine groups is 1. The first-order valence-electron chi connectivity index (χ1n) is 6.29. The Morgan fingerprint density at radius 1 is 1.05 bits per heavy atom. The van der Waals surface area contributed by atoms with Crippen LogP contribution < -0.4 is 10.3 Å². The molecule has 6 heteroatoms. The monoisotopic (exact) mass is 344 g/mol. The summed E-state index contributed by atoms with van der Waals surface area (Å²) in [4.78, 5) is 2.61. The second-order valence-corrected chi connectivity index (χ2v) is 7.17. The predicted octanol–water partition coefficient (Wildman–Crippen LogP) is 3.08. The minimum atomic E-state index is -3.50. The first-order valence-corrected chi connectivity index (χ1v) is 8.56. The molecule has 19 heavy (non-hydrogen) atoms. The summed E-state index contributed by atoms with van der Waals surface area (Å²) in [7, 11) is -3.50. The number of allylic oxidation sites excluding steroid dienone is 1. The smallest absolute Gasteiger partial charge is 0.257 e. The molecule has 1 saturated carbocycles. The van der Waals surface area contributed by atoms with Gasteiger partial charge in [0.2, 0.25) is 0 Å². The maximum Gasteiger partial charge on any atom is 0.257 e. The molecule has 0 saturated heterocycles. The Labute approximate surface area is 122 Å². The SMILES string of the molecule is O=S(=O)(NNC=C1CCCCC1)c1ccc(Br)cc1. The van der Waals surface area contributed by atoms with Gasteiger partial charge in [0.15, 0.2) is 0 Å². The van der Waals surface area contributed by atoms with Crippen molar-refractivity contribution in [1.82, 2.24) is 10.3 Å². The highest BCUT2D eigenvalue weighted by Crippen LogP contribution is 2.21. The van der Waals surface area contributed by atoms with E-state index >= 15 is 0 Å². The zero-order chi connectivity index (χ0) is 13.7. The third-order valence-corrected chi connectivity index (χ3v) is 4.90. The van der Waals surface area contributed by atoms with Gasteiger partial charge in [0.1, 0.15) is 0 Å². The van der Waals surface area contributed by atoms with E-state index in [0.29, 0.717) is 0 Å². The van der Waals surface area contributed by atoms with Crippen molar-refractivity contribution in [2.75, 3.05) is 0 Å². The van der Waals surface area contributed by atoms with Crippen LogP contribution in [0.5, 0.6) is 0 Å². The summed E-state index contributed by atoms with van der Waals surface area (Å²) in [5, 5.41) is 0. The molecule has 0 radical (unpaired) electrons. The first kappa shape index (κ1) is 14.6. The van der Waals surface area contributed by atoms with Gasteiger partial charge >= 0.3 is 0 Å². The van der Waals surface area contributed by atoms with E-state index in [-0.39, 0.29) is 4.90 Å². The summed E-state index contributed by atoms with van der Waals surface area (Å²) in [5.41, 5.74) is 3.97. The van der Waals surface area contributed by atoms with Crippen LogP contribution in [0.4, 0.5) is 0 Å². The molecular formula is C13H17BrN2O2S. The van der Waals surface area contributed by atoms with E-state index in [1.165, 1.54) is 24.8 Å². The molecule has 0 aromatic heterocycles. The van der Waals surface area contributed by atoms with Crippen molar-refractivity contribution in [2.45, 2.75) is 37.0 Å². The molecule has 1 aromatic carbocycles. The predicted molar refractivity (Wildman–Crippen MR) is 78.8 cm³/mol. The molecule has 1 aliphatic rings. The van der Waals surface area contributed by atoms with Crippen LogP contribution in [0.15, 0.2) is 45.4 Å². The Balaban J connectivity index is 1.96. The summed E-state index contributed by atoms with van der Waals surface area (Å²) in [5.74, 6) is 0. The van der Waals surface area contributed by atoms with Gasteiger partial charge in [-0.15, -0.1) is 4.83 Å². The molecule has 0 unspecified atom stereocenters. The molecule has 0 bridgehead atoms. The lowest BCUT2D eigenvalue weighted by Gasteiger charge is -2.14. The highest BCUT2D eigenvalue weighted by Gasteiger charge is 2.12. The molecule has 0 amide bonds. The van der Waals surface area contributed by atoms with Gasteiger partial charge in [-0.25, -0.2) is 8.42 Å². The minimum Gasteiger partial charge on any atom is -0.315 e. The van der Waals surface area contributed by atoms with Crippen molar-refractivity contribution >= 4 is 26.0 Å². The maximum absolute atomic E-state index is 12.0. The zero-order valence-corrected chi connectivity index (χ0v) is 12.9. The Morgan fingerprint density at radius 2 is 1.68 bits per heavy atom. The van der Waals surface area contributed by atoms with Crippen LogP contribution >= 0.6 is 15.9 Å². The van der Waals surface area contributed by atoms with E-state index in [2.05, 4.69) is 26.2 Å². The van der Waals surface area contributed by atoms with Crippen LogP contribution in [0, 0.1) is 0 Å². The number of hydrogen-bond acceptors (Lipinski definition) is 3. The van der Waals surface area contributed by atoms with E-state index in [9.17, 15) is 8.42 Å². The largest absolute Gasteiger partial charge is 0.315 e. The topological polar surface area (TPSA) is 58.2 Å². The molecule has 2 N–H and O–H groups in total. The Morgan fingerprint density at radius 3 is 2.32 bits per heavy atom. The molecule has 0 heterocycles. The summed E-state index contributed by atoms with van der Waals surface area (Å²) in [6.07, 6.45) is 7.51. The molecule has 0 aliphatic heterocycles. The van der Waals surface area contributed by atoms with E-state index in [1.807, 2.05) is 0 Å². The lowest BCUT2D eigenvalue weighted by Crippen LogP contribution is -2.34. The maximum atomic E-state index is 12.0. The van der Waals surface area contributed by atoms with Crippen LogP contribution in [-0.2, 0) is 10.0 Å². The summed E-state index contributed by atoms with van der Waals surface area (Å²) < 4.78 is 24.8. The van der Waals surface area contributed by atoms with Crippen molar-refractivity contribution in [3.05, 3.63) is 40.5 Å².